The van der Waals surface area contributed by atoms with Gasteiger partial charge in [0.25, 0.3) is 17.7 Å². The number of benzene rings is 2. The number of alkyl halides is 2. The molecule has 0 spiro atoms. The van der Waals surface area contributed by atoms with Gasteiger partial charge in [-0.3, -0.25) is 19.2 Å². The number of ketones is 1. The van der Waals surface area contributed by atoms with Crippen LogP contribution in [0.4, 0.5) is 0 Å². The highest BCUT2D eigenvalue weighted by Crippen LogP contribution is 2.60. The Morgan fingerprint density at radius 2 is 1.40 bits per heavy atom. The first kappa shape index (κ1) is 24.7. The van der Waals surface area contributed by atoms with Crippen LogP contribution in [0.1, 0.15) is 39.6 Å². The average Bonchev–Trinajstić information content (AvgIpc) is 3.45. The van der Waals surface area contributed by atoms with Crippen molar-refractivity contribution in [2.45, 2.75) is 36.0 Å². The van der Waals surface area contributed by atoms with E-state index in [1.165, 1.54) is 12.1 Å². The molecule has 1 saturated heterocycles. The molecule has 3 fully saturated rings. The van der Waals surface area contributed by atoms with Crippen LogP contribution in [0.2, 0.25) is 5.02 Å². The number of hydrogen-bond acceptors (Lipinski definition) is 4. The number of Topliss-reactive ketones (excluding diaryl/α,β-unsaturated/α-hetero) is 1. The highest BCUT2D eigenvalue weighted by molar-refractivity contribution is 9.12. The Balaban J connectivity index is 1.55. The van der Waals surface area contributed by atoms with Crippen molar-refractivity contribution in [3.05, 3.63) is 70.2 Å². The van der Waals surface area contributed by atoms with E-state index < -0.39 is 35.6 Å². The van der Waals surface area contributed by atoms with E-state index in [1.807, 2.05) is 19.1 Å². The normalized spacial score (nSPS) is 29.9. The maximum atomic E-state index is 13.8. The van der Waals surface area contributed by atoms with Crippen molar-refractivity contribution >= 4 is 67.0 Å². The lowest BCUT2D eigenvalue weighted by molar-refractivity contribution is -0.157. The third-order valence-corrected chi connectivity index (χ3v) is 11.0. The maximum absolute atomic E-state index is 13.8. The minimum atomic E-state index is -1.08. The molecule has 3 aliphatic rings. The summed E-state index contributed by atoms with van der Waals surface area (Å²) in [5.41, 5.74) is 1.62. The zero-order chi connectivity index (χ0) is 25.2. The first-order chi connectivity index (χ1) is 16.6. The number of imide groups is 1. The maximum Gasteiger partial charge on any atom is 0.273 e. The highest BCUT2D eigenvalue weighted by atomic mass is 79.9. The van der Waals surface area contributed by atoms with Crippen molar-refractivity contribution in [2.24, 2.45) is 23.7 Å². The molecular formula is C26H23Br2ClN2O4. The van der Waals surface area contributed by atoms with Gasteiger partial charge in [0.05, 0.1) is 11.8 Å². The highest BCUT2D eigenvalue weighted by Gasteiger charge is 2.68. The molecule has 0 aromatic heterocycles. The molecule has 35 heavy (non-hydrogen) atoms. The number of carbonyl (C=O) groups is 4. The number of fused-ring (bicyclic) bond motifs is 5. The van der Waals surface area contributed by atoms with E-state index in [0.717, 1.165) is 22.0 Å². The molecule has 6 nitrogen and oxygen atoms in total. The Labute approximate surface area is 225 Å². The quantitative estimate of drug-likeness (QED) is 0.266. The second-order valence-electron chi connectivity index (χ2n) is 9.55. The summed E-state index contributed by atoms with van der Waals surface area (Å²) in [6, 6.07) is 12.1. The molecule has 182 valence electrons. The summed E-state index contributed by atoms with van der Waals surface area (Å²) in [4.78, 5) is 54.8. The Hall–Kier alpha value is -2.03. The second kappa shape index (κ2) is 9.12. The van der Waals surface area contributed by atoms with Gasteiger partial charge in [-0.1, -0.05) is 73.3 Å². The lowest BCUT2D eigenvalue weighted by Crippen LogP contribution is -2.56. The van der Waals surface area contributed by atoms with Crippen LogP contribution in [-0.2, 0) is 9.59 Å². The summed E-state index contributed by atoms with van der Waals surface area (Å²) in [6.45, 7) is 3.47. The predicted octanol–water partition coefficient (Wildman–Crippen LogP) is 5.05. The minimum absolute atomic E-state index is 0.00795. The molecule has 1 aliphatic heterocycles. The van der Waals surface area contributed by atoms with Crippen LogP contribution in [0.25, 0.3) is 0 Å². The largest absolute Gasteiger partial charge is 0.292 e. The first-order valence-corrected chi connectivity index (χ1v) is 13.7. The summed E-state index contributed by atoms with van der Waals surface area (Å²) in [7, 11) is 0. The number of hydrogen-bond donors (Lipinski definition) is 0. The molecule has 1 heterocycles. The number of nitrogens with zero attached hydrogens (tertiary/aromatic N) is 2. The van der Waals surface area contributed by atoms with E-state index >= 15 is 0 Å². The number of carbonyl (C=O) groups excluding carboxylic acids is 4. The number of rotatable bonds is 5. The van der Waals surface area contributed by atoms with Gasteiger partial charge in [0.15, 0.2) is 5.78 Å². The van der Waals surface area contributed by atoms with E-state index in [0.29, 0.717) is 10.6 Å². The fraction of sp³-hybridized carbons (Fsp3) is 0.385. The molecule has 0 N–H and O–H groups in total. The van der Waals surface area contributed by atoms with Crippen LogP contribution >= 0.6 is 43.5 Å². The Morgan fingerprint density at radius 3 is 1.91 bits per heavy atom. The number of amides is 3. The number of aryl methyl sites for hydroxylation is 1. The van der Waals surface area contributed by atoms with Crippen molar-refractivity contribution in [1.29, 1.82) is 0 Å². The van der Waals surface area contributed by atoms with Crippen molar-refractivity contribution in [1.82, 2.24) is 10.0 Å². The van der Waals surface area contributed by atoms with Crippen LogP contribution in [0, 0.1) is 30.6 Å². The van der Waals surface area contributed by atoms with Crippen molar-refractivity contribution in [2.75, 3.05) is 0 Å². The molecule has 2 aliphatic carbocycles. The van der Waals surface area contributed by atoms with Gasteiger partial charge in [0, 0.05) is 25.8 Å². The fourth-order valence-electron chi connectivity index (χ4n) is 5.78. The van der Waals surface area contributed by atoms with Gasteiger partial charge in [-0.25, -0.2) is 5.01 Å². The van der Waals surface area contributed by atoms with E-state index in [2.05, 4.69) is 31.9 Å². The standard InChI is InChI=1S/C26H23Br2ClN2O4/c1-12-3-5-14(6-4-12)23(32)13(2)30(24(33)15-7-9-16(29)10-8-15)31-25(34)19-17-11-18(20(19)26(31)35)22(28)21(17)27/h3-10,13,17-22H,11H2,1-2H3/t13-,17+,18+,19-,20+,21-,22+/m0/s1. The third-order valence-electron chi connectivity index (χ3n) is 7.56. The third kappa shape index (κ3) is 3.89. The summed E-state index contributed by atoms with van der Waals surface area (Å²) >= 11 is 13.4. The van der Waals surface area contributed by atoms with Crippen LogP contribution in [0.5, 0.6) is 0 Å². The topological polar surface area (TPSA) is 74.8 Å². The Kier molecular flexibility index (Phi) is 6.43. The summed E-state index contributed by atoms with van der Waals surface area (Å²) in [6.07, 6.45) is 0.773. The molecule has 0 radical (unpaired) electrons. The van der Waals surface area contributed by atoms with Gasteiger partial charge in [-0.15, -0.1) is 0 Å². The van der Waals surface area contributed by atoms with Gasteiger partial charge >= 0.3 is 0 Å². The van der Waals surface area contributed by atoms with E-state index in [9.17, 15) is 19.2 Å². The van der Waals surface area contributed by atoms with Crippen molar-refractivity contribution < 1.29 is 19.2 Å². The van der Waals surface area contributed by atoms with E-state index in [1.54, 1.807) is 31.2 Å². The van der Waals surface area contributed by atoms with Gasteiger partial charge < -0.3 is 0 Å². The fourth-order valence-corrected chi connectivity index (χ4v) is 7.78. The average molecular weight is 623 g/mol. The van der Waals surface area contributed by atoms with Gasteiger partial charge in [0.1, 0.15) is 6.04 Å². The van der Waals surface area contributed by atoms with Crippen LogP contribution in [0.3, 0.4) is 0 Å². The number of hydrazine groups is 1. The lowest BCUT2D eigenvalue weighted by Gasteiger charge is -2.35. The van der Waals surface area contributed by atoms with Gasteiger partial charge in [-0.05, 0) is 56.4 Å². The smallest absolute Gasteiger partial charge is 0.273 e. The van der Waals surface area contributed by atoms with Crippen LogP contribution in [0.15, 0.2) is 48.5 Å². The molecule has 7 atom stereocenters. The van der Waals surface area contributed by atoms with Crippen molar-refractivity contribution in [3.8, 4) is 0 Å². The molecule has 2 aromatic carbocycles. The molecule has 0 unspecified atom stereocenters. The zero-order valence-corrected chi connectivity index (χ0v) is 23.0. The van der Waals surface area contributed by atoms with Gasteiger partial charge in [-0.2, -0.15) is 5.01 Å². The zero-order valence-electron chi connectivity index (χ0n) is 19.0. The monoisotopic (exact) mass is 620 g/mol. The molecular weight excluding hydrogens is 600 g/mol. The van der Waals surface area contributed by atoms with Crippen LogP contribution in [-0.4, -0.2) is 49.2 Å². The summed E-state index contributed by atoms with van der Waals surface area (Å²) in [5.74, 6) is -2.82. The number of halogens is 3. The molecule has 2 aromatic rings. The Morgan fingerprint density at radius 1 is 0.914 bits per heavy atom. The first-order valence-electron chi connectivity index (χ1n) is 11.5. The molecule has 5 rings (SSSR count). The molecule has 2 saturated carbocycles. The SMILES string of the molecule is Cc1ccc(C(=O)[C@H](C)N(C(=O)c2ccc(Cl)cc2)N2C(=O)[C@@H]3[C@H]4C[C@@H]([C@H](Br)[C@@H]4Br)[C@@H]3C2=O)cc1. The van der Waals surface area contributed by atoms with E-state index in [4.69, 9.17) is 11.6 Å². The van der Waals surface area contributed by atoms with E-state index in [-0.39, 0.29) is 32.8 Å². The predicted molar refractivity (Wildman–Crippen MR) is 138 cm³/mol. The molecule has 3 amide bonds. The summed E-state index contributed by atoms with van der Waals surface area (Å²) in [5, 5.41) is 2.45. The molecule has 9 heteroatoms. The minimum Gasteiger partial charge on any atom is -0.292 e. The van der Waals surface area contributed by atoms with Gasteiger partial charge in [0.2, 0.25) is 0 Å². The van der Waals surface area contributed by atoms with Crippen LogP contribution < -0.4 is 0 Å². The Bertz CT molecular complexity index is 1190. The lowest BCUT2D eigenvalue weighted by atomic mass is 9.81. The summed E-state index contributed by atoms with van der Waals surface area (Å²) < 4.78 is 0. The van der Waals surface area contributed by atoms with Crippen molar-refractivity contribution in [3.63, 3.8) is 0 Å². The molecule has 2 bridgehead atoms. The second-order valence-corrected chi connectivity index (χ2v) is 12.1.